The first-order valence-electron chi connectivity index (χ1n) is 22.7. The van der Waals surface area contributed by atoms with Crippen LogP contribution in [0.2, 0.25) is 0 Å². The summed E-state index contributed by atoms with van der Waals surface area (Å²) in [6.45, 7) is 4.36. The van der Waals surface area contributed by atoms with Crippen LogP contribution in [-0.4, -0.2) is 74.9 Å². The van der Waals surface area contributed by atoms with Gasteiger partial charge in [-0.2, -0.15) is 0 Å². The number of quaternary nitrogens is 1. The van der Waals surface area contributed by atoms with Gasteiger partial charge in [0, 0.05) is 12.8 Å². The molecule has 0 fully saturated rings. The first-order valence-corrected chi connectivity index (χ1v) is 24.2. The van der Waals surface area contributed by atoms with Crippen molar-refractivity contribution in [2.75, 3.05) is 47.5 Å². The van der Waals surface area contributed by atoms with Crippen molar-refractivity contribution in [1.82, 2.24) is 0 Å². The van der Waals surface area contributed by atoms with E-state index in [0.29, 0.717) is 17.4 Å². The predicted octanol–water partition coefficient (Wildman–Crippen LogP) is 12.9. The Hall–Kier alpha value is -1.77. The van der Waals surface area contributed by atoms with Gasteiger partial charge in [-0.25, -0.2) is 4.57 Å². The number of likely N-dealkylation sites (N-methyl/N-ethyl adjacent to an activating group) is 1. The molecule has 56 heavy (non-hydrogen) atoms. The Morgan fingerprint density at radius 3 is 1.48 bits per heavy atom. The number of phosphoric acid groups is 1. The molecule has 1 N–H and O–H groups in total. The van der Waals surface area contributed by atoms with E-state index in [1.807, 2.05) is 21.1 Å². The second kappa shape index (κ2) is 38.7. The van der Waals surface area contributed by atoms with Gasteiger partial charge in [0.15, 0.2) is 6.10 Å². The number of hydrogen-bond acceptors (Lipinski definition) is 7. The molecular weight excluding hydrogens is 725 g/mol. The molecule has 0 aromatic rings. The number of carbonyl (C=O) groups is 2. The standard InChI is InChI=1S/C46H86NO8P/c1-6-8-10-12-14-16-18-20-22-23-25-26-28-30-32-34-36-38-45(48)52-42-44(43-54-56(50,51)53-41-40-47(3,4)5)55-46(49)39-37-35-33-31-29-27-24-21-19-17-15-13-11-9-7-2/h13-16,20,22,44H,6-12,17-19,21,23-43H2,1-5H3/p+1/b15-13+,16-14+,22-20+/t44-/m1/s1. The molecule has 10 heteroatoms. The second-order valence-corrected chi connectivity index (χ2v) is 17.9. The van der Waals surface area contributed by atoms with Gasteiger partial charge in [0.2, 0.25) is 0 Å². The monoisotopic (exact) mass is 813 g/mol. The Morgan fingerprint density at radius 1 is 0.554 bits per heavy atom. The number of ether oxygens (including phenoxy) is 2. The van der Waals surface area contributed by atoms with Crippen molar-refractivity contribution in [1.29, 1.82) is 0 Å². The number of esters is 2. The third-order valence-corrected chi connectivity index (χ3v) is 10.6. The number of nitrogens with zero attached hydrogens (tertiary/aromatic N) is 1. The van der Waals surface area contributed by atoms with Crippen molar-refractivity contribution in [3.63, 3.8) is 0 Å². The van der Waals surface area contributed by atoms with Crippen molar-refractivity contribution in [2.24, 2.45) is 0 Å². The van der Waals surface area contributed by atoms with Crippen LogP contribution in [0.25, 0.3) is 0 Å². The normalized spacial score (nSPS) is 13.9. The van der Waals surface area contributed by atoms with Gasteiger partial charge in [-0.15, -0.1) is 0 Å². The maximum atomic E-state index is 12.7. The van der Waals surface area contributed by atoms with E-state index in [9.17, 15) is 19.0 Å². The first kappa shape index (κ1) is 54.2. The molecule has 0 spiro atoms. The molecule has 0 bridgehead atoms. The van der Waals surface area contributed by atoms with E-state index >= 15 is 0 Å². The summed E-state index contributed by atoms with van der Waals surface area (Å²) in [5.74, 6) is -0.808. The van der Waals surface area contributed by atoms with Gasteiger partial charge in [0.05, 0.1) is 27.7 Å². The van der Waals surface area contributed by atoms with Gasteiger partial charge in [-0.05, 0) is 64.2 Å². The maximum absolute atomic E-state index is 12.7. The van der Waals surface area contributed by atoms with E-state index in [0.717, 1.165) is 57.8 Å². The zero-order chi connectivity index (χ0) is 41.4. The van der Waals surface area contributed by atoms with Crippen LogP contribution >= 0.6 is 7.82 Å². The fourth-order valence-electron chi connectivity index (χ4n) is 6.02. The van der Waals surface area contributed by atoms with Crippen molar-refractivity contribution < 1.29 is 42.1 Å². The van der Waals surface area contributed by atoms with Crippen LogP contribution in [0, 0.1) is 0 Å². The average Bonchev–Trinajstić information content (AvgIpc) is 3.15. The molecule has 0 heterocycles. The molecule has 0 aliphatic rings. The Balaban J connectivity index is 4.34. The van der Waals surface area contributed by atoms with Gasteiger partial charge in [-0.1, -0.05) is 153 Å². The fourth-order valence-corrected chi connectivity index (χ4v) is 6.77. The molecule has 0 radical (unpaired) electrons. The average molecular weight is 813 g/mol. The summed E-state index contributed by atoms with van der Waals surface area (Å²) in [4.78, 5) is 35.4. The Morgan fingerprint density at radius 2 is 0.982 bits per heavy atom. The van der Waals surface area contributed by atoms with Crippen LogP contribution in [0.5, 0.6) is 0 Å². The SMILES string of the molecule is CCCC/C=C/CCCCCCCCCCCC(=O)O[C@H](COC(=O)CCCCCCCCC/C=C/C/C=C/CCCCC)COP(=O)(O)OCC[N+](C)(C)C. The third-order valence-electron chi connectivity index (χ3n) is 9.64. The lowest BCUT2D eigenvalue weighted by molar-refractivity contribution is -0.870. The Kier molecular flexibility index (Phi) is 37.5. The first-order chi connectivity index (χ1) is 27.0. The number of carbonyl (C=O) groups excluding carboxylic acids is 2. The van der Waals surface area contributed by atoms with Crippen LogP contribution in [0.15, 0.2) is 36.5 Å². The molecule has 9 nitrogen and oxygen atoms in total. The van der Waals surface area contributed by atoms with E-state index < -0.39 is 26.5 Å². The summed E-state index contributed by atoms with van der Waals surface area (Å²) in [7, 11) is 1.47. The number of allylic oxidation sites excluding steroid dienone is 6. The molecule has 328 valence electrons. The summed E-state index contributed by atoms with van der Waals surface area (Å²) >= 11 is 0. The minimum atomic E-state index is -4.38. The smallest absolute Gasteiger partial charge is 0.462 e. The molecule has 0 aliphatic carbocycles. The van der Waals surface area contributed by atoms with Crippen molar-refractivity contribution in [2.45, 2.75) is 200 Å². The van der Waals surface area contributed by atoms with Gasteiger partial charge < -0.3 is 18.9 Å². The zero-order valence-electron chi connectivity index (χ0n) is 36.9. The molecule has 2 atom stereocenters. The van der Waals surface area contributed by atoms with E-state index in [2.05, 4.69) is 50.3 Å². The summed E-state index contributed by atoms with van der Waals surface area (Å²) in [5, 5.41) is 0. The van der Waals surface area contributed by atoms with Gasteiger partial charge in [0.1, 0.15) is 19.8 Å². The van der Waals surface area contributed by atoms with Crippen LogP contribution in [-0.2, 0) is 32.7 Å². The Labute approximate surface area is 344 Å². The molecule has 0 aromatic heterocycles. The lowest BCUT2D eigenvalue weighted by Gasteiger charge is -2.24. The summed E-state index contributed by atoms with van der Waals surface area (Å²) in [6, 6.07) is 0. The molecule has 0 amide bonds. The second-order valence-electron chi connectivity index (χ2n) is 16.4. The number of phosphoric ester groups is 1. The summed E-state index contributed by atoms with van der Waals surface area (Å²) in [6.07, 6.45) is 43.2. The lowest BCUT2D eigenvalue weighted by Crippen LogP contribution is -2.37. The largest absolute Gasteiger partial charge is 0.472 e. The highest BCUT2D eigenvalue weighted by Crippen LogP contribution is 2.43. The van der Waals surface area contributed by atoms with Crippen LogP contribution in [0.1, 0.15) is 194 Å². The molecule has 1 unspecified atom stereocenters. The van der Waals surface area contributed by atoms with Crippen molar-refractivity contribution in [3.05, 3.63) is 36.5 Å². The molecule has 0 rings (SSSR count). The minimum Gasteiger partial charge on any atom is -0.462 e. The van der Waals surface area contributed by atoms with Crippen molar-refractivity contribution >= 4 is 19.8 Å². The van der Waals surface area contributed by atoms with Gasteiger partial charge in [0.25, 0.3) is 0 Å². The maximum Gasteiger partial charge on any atom is 0.472 e. The molecule has 0 aliphatic heterocycles. The van der Waals surface area contributed by atoms with E-state index in [4.69, 9.17) is 18.5 Å². The van der Waals surface area contributed by atoms with E-state index in [-0.39, 0.29) is 32.0 Å². The quantitative estimate of drug-likeness (QED) is 0.0214. The Bertz CT molecular complexity index is 1050. The topological polar surface area (TPSA) is 108 Å². The lowest BCUT2D eigenvalue weighted by atomic mass is 10.1. The van der Waals surface area contributed by atoms with Crippen LogP contribution < -0.4 is 0 Å². The highest BCUT2D eigenvalue weighted by atomic mass is 31.2. The summed E-state index contributed by atoms with van der Waals surface area (Å²) in [5.41, 5.74) is 0. The minimum absolute atomic E-state index is 0.0300. The highest BCUT2D eigenvalue weighted by molar-refractivity contribution is 7.47. The van der Waals surface area contributed by atoms with E-state index in [1.165, 1.54) is 103 Å². The molecule has 0 saturated heterocycles. The number of rotatable bonds is 41. The molecule has 0 saturated carbocycles. The van der Waals surface area contributed by atoms with Crippen LogP contribution in [0.4, 0.5) is 0 Å². The summed E-state index contributed by atoms with van der Waals surface area (Å²) < 4.78 is 34.3. The predicted molar refractivity (Wildman–Crippen MR) is 234 cm³/mol. The highest BCUT2D eigenvalue weighted by Gasteiger charge is 2.27. The van der Waals surface area contributed by atoms with Gasteiger partial charge >= 0.3 is 19.8 Å². The van der Waals surface area contributed by atoms with Crippen LogP contribution in [0.3, 0.4) is 0 Å². The van der Waals surface area contributed by atoms with E-state index in [1.54, 1.807) is 0 Å². The van der Waals surface area contributed by atoms with Gasteiger partial charge in [-0.3, -0.25) is 18.6 Å². The third kappa shape index (κ3) is 41.9. The zero-order valence-corrected chi connectivity index (χ0v) is 37.8. The fraction of sp³-hybridized carbons (Fsp3) is 0.826. The van der Waals surface area contributed by atoms with Crippen molar-refractivity contribution in [3.8, 4) is 0 Å². The number of hydrogen-bond donors (Lipinski definition) is 1. The number of unbranched alkanes of at least 4 members (excludes halogenated alkanes) is 21. The molecule has 0 aromatic carbocycles. The molecular formula is C46H87NO8P+.